The van der Waals surface area contributed by atoms with Gasteiger partial charge in [0.15, 0.2) is 0 Å². The molecule has 0 saturated carbocycles. The molecule has 1 aliphatic heterocycles. The van der Waals surface area contributed by atoms with Gasteiger partial charge in [0.05, 0.1) is 16.8 Å². The van der Waals surface area contributed by atoms with Gasteiger partial charge in [0.2, 0.25) is 11.6 Å². The van der Waals surface area contributed by atoms with Crippen molar-refractivity contribution < 1.29 is 27.9 Å². The van der Waals surface area contributed by atoms with E-state index < -0.39 is 53.4 Å². The van der Waals surface area contributed by atoms with Crippen molar-refractivity contribution in [1.82, 2.24) is 14.5 Å². The number of hydrogen-bond acceptors (Lipinski definition) is 7. The van der Waals surface area contributed by atoms with Crippen molar-refractivity contribution in [3.05, 3.63) is 50.2 Å². The zero-order chi connectivity index (χ0) is 22.4. The summed E-state index contributed by atoms with van der Waals surface area (Å²) in [6, 6.07) is 3.65. The highest BCUT2D eigenvalue weighted by Gasteiger charge is 2.39. The summed E-state index contributed by atoms with van der Waals surface area (Å²) >= 11 is 0. The van der Waals surface area contributed by atoms with Gasteiger partial charge >= 0.3 is 11.9 Å². The predicted octanol–water partition coefficient (Wildman–Crippen LogP) is 2.22. The molecule has 10 nitrogen and oxygen atoms in total. The van der Waals surface area contributed by atoms with Gasteiger partial charge in [-0.2, -0.15) is 13.2 Å². The topological polar surface area (TPSA) is 137 Å². The summed E-state index contributed by atoms with van der Waals surface area (Å²) < 4.78 is 37.8. The van der Waals surface area contributed by atoms with Crippen molar-refractivity contribution in [2.45, 2.75) is 32.6 Å². The summed E-state index contributed by atoms with van der Waals surface area (Å²) in [5.74, 6) is -2.55. The molecular weight excluding hydrogens is 411 g/mol. The number of fused-ring (bicyclic) bond motifs is 1. The van der Waals surface area contributed by atoms with Crippen molar-refractivity contribution in [2.24, 2.45) is 10.2 Å². The number of hydrogen-bond donors (Lipinski definition) is 2. The molecule has 0 aliphatic carbocycles. The van der Waals surface area contributed by atoms with E-state index in [1.54, 1.807) is 18.8 Å². The second-order valence-electron chi connectivity index (χ2n) is 6.61. The molecule has 2 amide bonds. The third-order valence-electron chi connectivity index (χ3n) is 4.18. The molecule has 1 aromatic carbocycles. The Labute approximate surface area is 165 Å². The van der Waals surface area contributed by atoms with Gasteiger partial charge in [-0.25, -0.2) is 4.79 Å². The Morgan fingerprint density at radius 1 is 1.10 bits per heavy atom. The fourth-order valence-corrected chi connectivity index (χ4v) is 2.91. The number of azo groups is 1. The third-order valence-corrected chi connectivity index (χ3v) is 4.18. The Kier molecular flexibility index (Phi) is 5.06. The minimum atomic E-state index is -4.86. The van der Waals surface area contributed by atoms with E-state index in [2.05, 4.69) is 10.2 Å². The van der Waals surface area contributed by atoms with Crippen LogP contribution in [0.15, 0.2) is 38.0 Å². The quantitative estimate of drug-likeness (QED) is 0.572. The zero-order valence-electron chi connectivity index (χ0n) is 15.5. The highest BCUT2D eigenvalue weighted by Crippen LogP contribution is 2.33. The number of rotatable bonds is 4. The average molecular weight is 425 g/mol. The summed E-state index contributed by atoms with van der Waals surface area (Å²) in [7, 11) is 0. The molecule has 0 radical (unpaired) electrons. The van der Waals surface area contributed by atoms with E-state index in [-0.39, 0.29) is 21.4 Å². The number of benzene rings is 1. The lowest BCUT2D eigenvalue weighted by atomic mass is 10.1. The van der Waals surface area contributed by atoms with Crippen LogP contribution < -0.4 is 11.2 Å². The number of carbonyl (C=O) groups excluding carboxylic acids is 2. The van der Waals surface area contributed by atoms with E-state index in [0.29, 0.717) is 0 Å². The normalized spacial score (nSPS) is 14.3. The Bertz CT molecular complexity index is 1200. The average Bonchev–Trinajstić information content (AvgIpc) is 2.89. The van der Waals surface area contributed by atoms with Crippen LogP contribution in [0.3, 0.4) is 0 Å². The van der Waals surface area contributed by atoms with Gasteiger partial charge in [0, 0.05) is 6.04 Å². The third kappa shape index (κ3) is 3.60. The molecule has 0 saturated heterocycles. The summed E-state index contributed by atoms with van der Waals surface area (Å²) in [5.41, 5.74) is -3.92. The predicted molar refractivity (Wildman–Crippen MR) is 95.3 cm³/mol. The van der Waals surface area contributed by atoms with Crippen LogP contribution in [0.2, 0.25) is 0 Å². The SMILES string of the molecule is CC(C)N1C(=O)c2cccc(N=Nc3c(O)n(CC(F)(F)F)c(=O)[nH]c3=O)c2C1=O. The number of amides is 2. The first kappa shape index (κ1) is 21.0. The summed E-state index contributed by atoms with van der Waals surface area (Å²) in [6.07, 6.45) is -4.86. The fraction of sp³-hybridized carbons (Fsp3) is 0.294. The van der Waals surface area contributed by atoms with E-state index >= 15 is 0 Å². The fourth-order valence-electron chi connectivity index (χ4n) is 2.91. The van der Waals surface area contributed by atoms with Gasteiger partial charge in [0.1, 0.15) is 6.54 Å². The largest absolute Gasteiger partial charge is 0.493 e. The first-order chi connectivity index (χ1) is 13.9. The van der Waals surface area contributed by atoms with E-state index in [9.17, 15) is 37.5 Å². The summed E-state index contributed by atoms with van der Waals surface area (Å²) in [5, 5.41) is 17.1. The monoisotopic (exact) mass is 425 g/mol. The molecular formula is C17H14F3N5O5. The molecule has 0 unspecified atom stereocenters. The molecule has 30 heavy (non-hydrogen) atoms. The molecule has 1 aliphatic rings. The number of halogens is 3. The van der Waals surface area contributed by atoms with Crippen molar-refractivity contribution >= 4 is 23.2 Å². The molecule has 158 valence electrons. The number of aromatic hydroxyl groups is 1. The van der Waals surface area contributed by atoms with Crippen molar-refractivity contribution in [1.29, 1.82) is 0 Å². The van der Waals surface area contributed by atoms with Crippen LogP contribution in [-0.2, 0) is 6.54 Å². The number of H-pyrrole nitrogens is 1. The standard InChI is InChI=1S/C17H14F3N5O5/c1-7(2)25-13(27)8-4-3-5-9(10(8)14(25)28)22-23-11-12(26)21-16(30)24(15(11)29)6-17(18,19)20/h3-5,7,29H,6H2,1-2H3,(H,21,26,30). The van der Waals surface area contributed by atoms with Gasteiger partial charge in [0.25, 0.3) is 17.4 Å². The summed E-state index contributed by atoms with van der Waals surface area (Å²) in [4.78, 5) is 51.1. The maximum Gasteiger partial charge on any atom is 0.406 e. The summed E-state index contributed by atoms with van der Waals surface area (Å²) in [6.45, 7) is 1.39. The number of alkyl halides is 3. The van der Waals surface area contributed by atoms with E-state index in [4.69, 9.17) is 0 Å². The number of carbonyl (C=O) groups is 2. The highest BCUT2D eigenvalue weighted by atomic mass is 19.4. The lowest BCUT2D eigenvalue weighted by Crippen LogP contribution is -2.35. The minimum absolute atomic E-state index is 0.0466. The Morgan fingerprint density at radius 3 is 2.37 bits per heavy atom. The zero-order valence-corrected chi connectivity index (χ0v) is 15.5. The van der Waals surface area contributed by atoms with Gasteiger partial charge in [-0.15, -0.1) is 10.2 Å². The second-order valence-corrected chi connectivity index (χ2v) is 6.61. The van der Waals surface area contributed by atoms with Gasteiger partial charge in [-0.3, -0.25) is 28.8 Å². The first-order valence-corrected chi connectivity index (χ1v) is 8.48. The Balaban J connectivity index is 2.09. The van der Waals surface area contributed by atoms with E-state index in [1.165, 1.54) is 18.2 Å². The smallest absolute Gasteiger partial charge is 0.406 e. The molecule has 2 heterocycles. The van der Waals surface area contributed by atoms with Gasteiger partial charge in [-0.1, -0.05) is 6.07 Å². The Hall–Kier alpha value is -3.77. The molecule has 2 N–H and O–H groups in total. The second kappa shape index (κ2) is 7.24. The number of nitrogens with zero attached hydrogens (tertiary/aromatic N) is 4. The van der Waals surface area contributed by atoms with Crippen LogP contribution in [-0.4, -0.2) is 43.6 Å². The van der Waals surface area contributed by atoms with Crippen LogP contribution in [0.5, 0.6) is 5.88 Å². The number of aromatic nitrogens is 2. The number of aromatic amines is 1. The molecule has 2 aromatic rings. The molecule has 13 heteroatoms. The van der Waals surface area contributed by atoms with Crippen LogP contribution >= 0.6 is 0 Å². The van der Waals surface area contributed by atoms with Crippen LogP contribution in [0.25, 0.3) is 0 Å². The van der Waals surface area contributed by atoms with Gasteiger partial charge < -0.3 is 5.11 Å². The maximum absolute atomic E-state index is 12.6. The lowest BCUT2D eigenvalue weighted by molar-refractivity contribution is -0.142. The van der Waals surface area contributed by atoms with Crippen LogP contribution in [0.4, 0.5) is 24.5 Å². The maximum atomic E-state index is 12.6. The highest BCUT2D eigenvalue weighted by molar-refractivity contribution is 6.23. The van der Waals surface area contributed by atoms with Crippen LogP contribution in [0.1, 0.15) is 34.6 Å². The molecule has 0 atom stereocenters. The molecule has 1 aromatic heterocycles. The minimum Gasteiger partial charge on any atom is -0.493 e. The van der Waals surface area contributed by atoms with Gasteiger partial charge in [-0.05, 0) is 26.0 Å². The molecule has 0 fully saturated rings. The molecule has 3 rings (SSSR count). The van der Waals surface area contributed by atoms with Crippen LogP contribution in [0, 0.1) is 0 Å². The van der Waals surface area contributed by atoms with E-state index in [1.807, 2.05) is 0 Å². The molecule has 0 spiro atoms. The first-order valence-electron chi connectivity index (χ1n) is 8.48. The van der Waals surface area contributed by atoms with Crippen molar-refractivity contribution in [3.8, 4) is 5.88 Å². The number of imide groups is 1. The Morgan fingerprint density at radius 2 is 1.77 bits per heavy atom. The number of nitrogens with one attached hydrogen (secondary N) is 1. The van der Waals surface area contributed by atoms with Crippen molar-refractivity contribution in [2.75, 3.05) is 0 Å². The van der Waals surface area contributed by atoms with Crippen molar-refractivity contribution in [3.63, 3.8) is 0 Å². The lowest BCUT2D eigenvalue weighted by Gasteiger charge is -2.17. The van der Waals surface area contributed by atoms with E-state index in [0.717, 1.165) is 4.90 Å². The molecule has 0 bridgehead atoms.